The lowest BCUT2D eigenvalue weighted by Crippen LogP contribution is -2.47. The number of anilines is 2. The summed E-state index contributed by atoms with van der Waals surface area (Å²) in [4.78, 5) is 32.3. The van der Waals surface area contributed by atoms with Crippen LogP contribution in [0.2, 0.25) is 0 Å². The van der Waals surface area contributed by atoms with E-state index in [1.54, 1.807) is 14.2 Å². The van der Waals surface area contributed by atoms with Crippen molar-refractivity contribution in [3.63, 3.8) is 0 Å². The number of methoxy groups -OCH3 is 2. The summed E-state index contributed by atoms with van der Waals surface area (Å²) >= 11 is 0. The Morgan fingerprint density at radius 2 is 0.944 bits per heavy atom. The number of allylic oxidation sites excluding steroid dienone is 2. The highest BCUT2D eigenvalue weighted by molar-refractivity contribution is 6.51. The topological polar surface area (TPSA) is 59.1 Å². The summed E-state index contributed by atoms with van der Waals surface area (Å²) in [6, 6.07) is 7.71. The van der Waals surface area contributed by atoms with E-state index in [1.165, 1.54) is 0 Å². The average molecular weight is 483 g/mol. The first-order valence-corrected chi connectivity index (χ1v) is 12.2. The summed E-state index contributed by atoms with van der Waals surface area (Å²) in [5.74, 6) is 0.964. The lowest BCUT2D eigenvalue weighted by molar-refractivity contribution is -0.115. The van der Waals surface area contributed by atoms with E-state index in [9.17, 15) is 9.59 Å². The number of carbonyl (C=O) groups excluding carboxylic acids is 2. The van der Waals surface area contributed by atoms with Gasteiger partial charge in [-0.05, 0) is 77.0 Å². The Bertz CT molecular complexity index is 1410. The number of amides is 2. The Morgan fingerprint density at radius 1 is 0.611 bits per heavy atom. The van der Waals surface area contributed by atoms with Gasteiger partial charge in [0.05, 0.1) is 47.8 Å². The van der Waals surface area contributed by atoms with Crippen LogP contribution in [0.3, 0.4) is 0 Å². The highest BCUT2D eigenvalue weighted by atomic mass is 16.5. The van der Waals surface area contributed by atoms with Gasteiger partial charge in [0, 0.05) is 22.3 Å². The van der Waals surface area contributed by atoms with Crippen molar-refractivity contribution in [3.05, 3.63) is 58.7 Å². The molecule has 0 aromatic heterocycles. The molecule has 4 aliphatic rings. The minimum Gasteiger partial charge on any atom is -0.497 e. The maximum Gasteiger partial charge on any atom is 0.260 e. The second-order valence-electron chi connectivity index (χ2n) is 11.1. The molecule has 0 saturated heterocycles. The number of ether oxygens (including phenoxy) is 2. The van der Waals surface area contributed by atoms with Gasteiger partial charge in [-0.25, -0.2) is 0 Å². The zero-order valence-electron chi connectivity index (χ0n) is 22.0. The largest absolute Gasteiger partial charge is 0.497 e. The molecule has 0 aliphatic carbocycles. The van der Waals surface area contributed by atoms with Crippen molar-refractivity contribution < 1.29 is 19.1 Å². The molecular weight excluding hydrogens is 452 g/mol. The first-order chi connectivity index (χ1) is 16.9. The third kappa shape index (κ3) is 2.67. The van der Waals surface area contributed by atoms with Crippen LogP contribution in [-0.2, 0) is 9.59 Å². The van der Waals surface area contributed by atoms with Crippen molar-refractivity contribution in [1.82, 2.24) is 0 Å². The van der Waals surface area contributed by atoms with E-state index < -0.39 is 11.1 Å². The molecule has 0 N–H and O–H groups in total. The Hall–Kier alpha value is -3.80. The van der Waals surface area contributed by atoms with Crippen LogP contribution in [0.5, 0.6) is 11.5 Å². The zero-order chi connectivity index (χ0) is 25.9. The van der Waals surface area contributed by atoms with Crippen LogP contribution < -0.4 is 19.3 Å². The molecule has 2 amide bonds. The molecule has 2 aromatic carbocycles. The van der Waals surface area contributed by atoms with E-state index in [4.69, 9.17) is 9.47 Å². The van der Waals surface area contributed by atoms with Crippen LogP contribution in [0.15, 0.2) is 36.4 Å². The summed E-state index contributed by atoms with van der Waals surface area (Å²) in [5, 5.41) is 0. The fourth-order valence-corrected chi connectivity index (χ4v) is 6.50. The minimum atomic E-state index is -0.547. The number of nitrogens with zero attached hydrogens (tertiary/aromatic N) is 2. The SMILES string of the molecule is COc1cc2c3c(c1)C(=C1C(=O)N4c5c(cc(OC)cc51)C(C)=CC4(C)C)C(=O)N3C(C)(C)C=C2C. The summed E-state index contributed by atoms with van der Waals surface area (Å²) in [7, 11) is 3.24. The summed E-state index contributed by atoms with van der Waals surface area (Å²) < 4.78 is 11.3. The maximum atomic E-state index is 14.3. The third-order valence-electron chi connectivity index (χ3n) is 7.85. The van der Waals surface area contributed by atoms with Gasteiger partial charge >= 0.3 is 0 Å². The molecule has 184 valence electrons. The second kappa shape index (κ2) is 6.90. The van der Waals surface area contributed by atoms with Gasteiger partial charge in [-0.1, -0.05) is 12.2 Å². The van der Waals surface area contributed by atoms with Crippen LogP contribution in [0.1, 0.15) is 63.8 Å². The number of hydrogen-bond acceptors (Lipinski definition) is 4. The molecule has 4 aliphatic heterocycles. The molecule has 36 heavy (non-hydrogen) atoms. The lowest BCUT2D eigenvalue weighted by Gasteiger charge is -2.39. The number of carbonyl (C=O) groups is 2. The van der Waals surface area contributed by atoms with E-state index in [0.29, 0.717) is 22.6 Å². The molecule has 0 spiro atoms. The van der Waals surface area contributed by atoms with E-state index in [1.807, 2.05) is 61.8 Å². The van der Waals surface area contributed by atoms with Gasteiger partial charge in [0.25, 0.3) is 11.8 Å². The van der Waals surface area contributed by atoms with Crippen LogP contribution in [0, 0.1) is 0 Å². The molecular formula is C30H30N2O4. The quantitative estimate of drug-likeness (QED) is 0.516. The van der Waals surface area contributed by atoms with Crippen LogP contribution in [-0.4, -0.2) is 37.1 Å². The first-order valence-electron chi connectivity index (χ1n) is 12.2. The van der Waals surface area contributed by atoms with Gasteiger partial charge in [-0.15, -0.1) is 0 Å². The number of rotatable bonds is 2. The predicted octanol–water partition coefficient (Wildman–Crippen LogP) is 5.70. The highest BCUT2D eigenvalue weighted by Gasteiger charge is 2.51. The molecule has 0 atom stereocenters. The summed E-state index contributed by atoms with van der Waals surface area (Å²) in [6.45, 7) is 12.2. The van der Waals surface area contributed by atoms with Crippen molar-refractivity contribution in [3.8, 4) is 11.5 Å². The van der Waals surface area contributed by atoms with Crippen molar-refractivity contribution in [2.45, 2.75) is 52.6 Å². The van der Waals surface area contributed by atoms with Crippen LogP contribution in [0.25, 0.3) is 22.3 Å². The van der Waals surface area contributed by atoms with Gasteiger partial charge in [0.1, 0.15) is 11.5 Å². The molecule has 0 bridgehead atoms. The van der Waals surface area contributed by atoms with Gasteiger partial charge in [0.15, 0.2) is 0 Å². The van der Waals surface area contributed by atoms with E-state index >= 15 is 0 Å². The second-order valence-corrected chi connectivity index (χ2v) is 11.1. The van der Waals surface area contributed by atoms with Crippen LogP contribution in [0.4, 0.5) is 11.4 Å². The summed E-state index contributed by atoms with van der Waals surface area (Å²) in [5.41, 5.74) is 6.95. The average Bonchev–Trinajstić information content (AvgIpc) is 3.26. The van der Waals surface area contributed by atoms with E-state index in [0.717, 1.165) is 44.8 Å². The van der Waals surface area contributed by atoms with Crippen LogP contribution >= 0.6 is 0 Å². The fourth-order valence-electron chi connectivity index (χ4n) is 6.50. The molecule has 2 aromatic rings. The van der Waals surface area contributed by atoms with E-state index in [-0.39, 0.29) is 11.8 Å². The molecule has 0 fully saturated rings. The van der Waals surface area contributed by atoms with Crippen molar-refractivity contribution in [1.29, 1.82) is 0 Å². The zero-order valence-corrected chi connectivity index (χ0v) is 22.0. The number of hydrogen-bond donors (Lipinski definition) is 0. The molecule has 0 radical (unpaired) electrons. The molecule has 6 heteroatoms. The molecule has 0 unspecified atom stereocenters. The molecule has 6 rings (SSSR count). The molecule has 6 nitrogen and oxygen atoms in total. The van der Waals surface area contributed by atoms with Crippen molar-refractivity contribution in [2.24, 2.45) is 0 Å². The van der Waals surface area contributed by atoms with Crippen molar-refractivity contribution in [2.75, 3.05) is 24.0 Å². The lowest BCUT2D eigenvalue weighted by atomic mass is 9.88. The third-order valence-corrected chi connectivity index (χ3v) is 7.85. The first kappa shape index (κ1) is 22.7. The Kier molecular flexibility index (Phi) is 4.34. The maximum absolute atomic E-state index is 14.3. The van der Waals surface area contributed by atoms with Gasteiger partial charge in [0.2, 0.25) is 0 Å². The van der Waals surface area contributed by atoms with Gasteiger partial charge in [-0.3, -0.25) is 19.4 Å². The van der Waals surface area contributed by atoms with E-state index in [2.05, 4.69) is 26.0 Å². The Balaban J connectivity index is 1.74. The highest BCUT2D eigenvalue weighted by Crippen LogP contribution is 2.57. The minimum absolute atomic E-state index is 0.171. The smallest absolute Gasteiger partial charge is 0.260 e. The Morgan fingerprint density at radius 3 is 1.28 bits per heavy atom. The normalized spacial score (nSPS) is 22.3. The Labute approximate surface area is 211 Å². The number of benzene rings is 2. The van der Waals surface area contributed by atoms with Gasteiger partial charge in [-0.2, -0.15) is 0 Å². The summed E-state index contributed by atoms with van der Waals surface area (Å²) in [6.07, 6.45) is 4.21. The monoisotopic (exact) mass is 482 g/mol. The molecule has 4 heterocycles. The predicted molar refractivity (Wildman–Crippen MR) is 143 cm³/mol. The van der Waals surface area contributed by atoms with Gasteiger partial charge < -0.3 is 9.47 Å². The standard InChI is InChI=1S/C30H30N2O4/c1-15-13-29(3,4)31-25-19(15)9-17(35-7)11-21(25)23(27(31)33)24-22-12-18(36-8)10-20-16(2)14-30(5,6)32(26(20)22)28(24)34/h9-14H,1-8H3. The fraction of sp³-hybridized carbons (Fsp3) is 0.333. The van der Waals surface area contributed by atoms with Crippen molar-refractivity contribution >= 4 is 45.5 Å². The molecule has 0 saturated carbocycles.